The van der Waals surface area contributed by atoms with Gasteiger partial charge in [0.25, 0.3) is 0 Å². The number of ether oxygens (including phenoxy) is 1. The van der Waals surface area contributed by atoms with E-state index >= 15 is 0 Å². The van der Waals surface area contributed by atoms with Crippen LogP contribution in [0.15, 0.2) is 53.7 Å². The van der Waals surface area contributed by atoms with Crippen molar-refractivity contribution in [3.8, 4) is 5.75 Å². The van der Waals surface area contributed by atoms with Crippen LogP contribution in [0.1, 0.15) is 13.8 Å². The maximum Gasteiger partial charge on any atom is 0.175 e. The molecule has 0 aliphatic heterocycles. The summed E-state index contributed by atoms with van der Waals surface area (Å²) >= 11 is 0. The van der Waals surface area contributed by atoms with Crippen LogP contribution in [0.5, 0.6) is 5.75 Å². The Kier molecular flexibility index (Phi) is 5.08. The maximum absolute atomic E-state index is 11.8. The molecule has 0 spiro atoms. The Hall–Kier alpha value is -2.67. The molecule has 1 aromatic heterocycles. The first-order chi connectivity index (χ1) is 12.3. The predicted molar refractivity (Wildman–Crippen MR) is 103 cm³/mol. The molecule has 0 aliphatic rings. The summed E-state index contributed by atoms with van der Waals surface area (Å²) in [4.78, 5) is 8.71. The summed E-state index contributed by atoms with van der Waals surface area (Å²) in [6, 6.07) is 12.4. The minimum absolute atomic E-state index is 0.233. The van der Waals surface area contributed by atoms with Crippen molar-refractivity contribution < 1.29 is 13.2 Å². The predicted octanol–water partition coefficient (Wildman–Crippen LogP) is 3.81. The second-order valence-corrected chi connectivity index (χ2v) is 8.55. The van der Waals surface area contributed by atoms with Crippen LogP contribution >= 0.6 is 0 Å². The Morgan fingerprint density at radius 1 is 1.12 bits per heavy atom. The summed E-state index contributed by atoms with van der Waals surface area (Å²) < 4.78 is 29.4. The van der Waals surface area contributed by atoms with Crippen molar-refractivity contribution in [2.24, 2.45) is 5.92 Å². The number of sulfone groups is 1. The summed E-state index contributed by atoms with van der Waals surface area (Å²) in [5, 5.41) is 3.87. The molecule has 136 valence electrons. The van der Waals surface area contributed by atoms with E-state index in [1.165, 1.54) is 12.6 Å². The van der Waals surface area contributed by atoms with Crippen LogP contribution in [0, 0.1) is 5.92 Å². The van der Waals surface area contributed by atoms with Crippen LogP contribution in [0.3, 0.4) is 0 Å². The van der Waals surface area contributed by atoms with Crippen LogP contribution in [-0.4, -0.2) is 31.2 Å². The van der Waals surface area contributed by atoms with Crippen molar-refractivity contribution in [2.75, 3.05) is 18.2 Å². The largest absolute Gasteiger partial charge is 0.493 e. The topological polar surface area (TPSA) is 81.2 Å². The molecule has 1 N–H and O–H groups in total. The Balaban J connectivity index is 1.95. The van der Waals surface area contributed by atoms with Crippen molar-refractivity contribution in [3.05, 3.63) is 48.8 Å². The van der Waals surface area contributed by atoms with Crippen LogP contribution in [0.25, 0.3) is 10.9 Å². The highest BCUT2D eigenvalue weighted by Crippen LogP contribution is 2.27. The fourth-order valence-corrected chi connectivity index (χ4v) is 3.08. The first kappa shape index (κ1) is 18.1. The standard InChI is InChI=1S/C19H21N3O3S/c1-13(2)11-25-15-6-4-5-14(9-15)22-19-17-10-16(26(3,23)24)7-8-18(17)20-12-21-19/h4-10,12-13H,11H2,1-3H3,(H,20,21,22). The molecule has 0 aliphatic carbocycles. The van der Waals surface area contributed by atoms with Gasteiger partial charge in [-0.05, 0) is 36.2 Å². The molecule has 1 heterocycles. The molecule has 0 fully saturated rings. The highest BCUT2D eigenvalue weighted by molar-refractivity contribution is 7.90. The molecule has 3 aromatic rings. The normalized spacial score (nSPS) is 11.7. The van der Waals surface area contributed by atoms with Crippen molar-refractivity contribution >= 4 is 32.2 Å². The van der Waals surface area contributed by atoms with E-state index in [2.05, 4.69) is 29.1 Å². The van der Waals surface area contributed by atoms with E-state index in [4.69, 9.17) is 4.74 Å². The minimum Gasteiger partial charge on any atom is -0.493 e. The minimum atomic E-state index is -3.31. The number of aromatic nitrogens is 2. The van der Waals surface area contributed by atoms with Gasteiger partial charge in [-0.1, -0.05) is 19.9 Å². The van der Waals surface area contributed by atoms with Gasteiger partial charge in [-0.25, -0.2) is 18.4 Å². The van der Waals surface area contributed by atoms with E-state index < -0.39 is 9.84 Å². The fourth-order valence-electron chi connectivity index (χ4n) is 2.43. The molecule has 0 atom stereocenters. The van der Waals surface area contributed by atoms with Gasteiger partial charge in [-0.3, -0.25) is 0 Å². The SMILES string of the molecule is CC(C)COc1cccc(Nc2ncnc3ccc(S(C)(=O)=O)cc23)c1. The lowest BCUT2D eigenvalue weighted by atomic mass is 10.2. The van der Waals surface area contributed by atoms with E-state index in [-0.39, 0.29) is 4.90 Å². The van der Waals surface area contributed by atoms with Crippen molar-refractivity contribution in [3.63, 3.8) is 0 Å². The van der Waals surface area contributed by atoms with E-state index in [1.807, 2.05) is 24.3 Å². The van der Waals surface area contributed by atoms with E-state index in [1.54, 1.807) is 18.2 Å². The summed E-state index contributed by atoms with van der Waals surface area (Å²) in [6.45, 7) is 4.82. The van der Waals surface area contributed by atoms with Crippen LogP contribution in [0.2, 0.25) is 0 Å². The highest BCUT2D eigenvalue weighted by Gasteiger charge is 2.11. The van der Waals surface area contributed by atoms with Gasteiger partial charge in [-0.2, -0.15) is 0 Å². The molecule has 26 heavy (non-hydrogen) atoms. The molecule has 6 nitrogen and oxygen atoms in total. The fraction of sp³-hybridized carbons (Fsp3) is 0.263. The molecule has 7 heteroatoms. The molecule has 0 saturated carbocycles. The second-order valence-electron chi connectivity index (χ2n) is 6.53. The Morgan fingerprint density at radius 2 is 1.92 bits per heavy atom. The zero-order valence-electron chi connectivity index (χ0n) is 14.9. The number of rotatable bonds is 6. The zero-order valence-corrected chi connectivity index (χ0v) is 15.7. The van der Waals surface area contributed by atoms with E-state index in [9.17, 15) is 8.42 Å². The van der Waals surface area contributed by atoms with Gasteiger partial charge in [0.15, 0.2) is 9.84 Å². The third-order valence-corrected chi connectivity index (χ3v) is 4.83. The van der Waals surface area contributed by atoms with Gasteiger partial charge < -0.3 is 10.1 Å². The van der Waals surface area contributed by atoms with Gasteiger partial charge in [0.2, 0.25) is 0 Å². The number of hydrogen-bond donors (Lipinski definition) is 1. The van der Waals surface area contributed by atoms with Gasteiger partial charge in [0.1, 0.15) is 17.9 Å². The molecule has 0 saturated heterocycles. The number of benzene rings is 2. The molecular formula is C19H21N3O3S. The number of nitrogens with one attached hydrogen (secondary N) is 1. The van der Waals surface area contributed by atoms with Crippen LogP contribution in [-0.2, 0) is 9.84 Å². The number of fused-ring (bicyclic) bond motifs is 1. The van der Waals surface area contributed by atoms with Crippen molar-refractivity contribution in [1.29, 1.82) is 0 Å². The third-order valence-electron chi connectivity index (χ3n) is 3.72. The van der Waals surface area contributed by atoms with Crippen molar-refractivity contribution in [1.82, 2.24) is 9.97 Å². The quantitative estimate of drug-likeness (QED) is 0.709. The second kappa shape index (κ2) is 7.29. The summed E-state index contributed by atoms with van der Waals surface area (Å²) in [6.07, 6.45) is 2.63. The summed E-state index contributed by atoms with van der Waals surface area (Å²) in [7, 11) is -3.31. The van der Waals surface area contributed by atoms with Gasteiger partial charge in [-0.15, -0.1) is 0 Å². The first-order valence-corrected chi connectivity index (χ1v) is 10.2. The molecule has 0 unspecified atom stereocenters. The van der Waals surface area contributed by atoms with Crippen molar-refractivity contribution in [2.45, 2.75) is 18.7 Å². The lowest BCUT2D eigenvalue weighted by Gasteiger charge is -2.12. The molecule has 2 aromatic carbocycles. The molecule has 0 radical (unpaired) electrons. The Morgan fingerprint density at radius 3 is 2.65 bits per heavy atom. The van der Waals surface area contributed by atoms with Crippen LogP contribution in [0.4, 0.5) is 11.5 Å². The number of anilines is 2. The lowest BCUT2D eigenvalue weighted by Crippen LogP contribution is -2.04. The first-order valence-electron chi connectivity index (χ1n) is 8.27. The summed E-state index contributed by atoms with van der Waals surface area (Å²) in [5.41, 5.74) is 1.47. The van der Waals surface area contributed by atoms with E-state index in [0.717, 1.165) is 11.4 Å². The summed E-state index contributed by atoms with van der Waals surface area (Å²) in [5.74, 6) is 1.74. The maximum atomic E-state index is 11.8. The Labute approximate surface area is 153 Å². The average Bonchev–Trinajstić information content (AvgIpc) is 2.59. The molecule has 0 bridgehead atoms. The van der Waals surface area contributed by atoms with Gasteiger partial charge in [0, 0.05) is 23.4 Å². The number of nitrogens with zero attached hydrogens (tertiary/aromatic N) is 2. The molecule has 3 rings (SSSR count). The average molecular weight is 371 g/mol. The molecule has 0 amide bonds. The lowest BCUT2D eigenvalue weighted by molar-refractivity contribution is 0.271. The smallest absolute Gasteiger partial charge is 0.175 e. The number of hydrogen-bond acceptors (Lipinski definition) is 6. The third kappa shape index (κ3) is 4.29. The van der Waals surface area contributed by atoms with Crippen LogP contribution < -0.4 is 10.1 Å². The zero-order chi connectivity index (χ0) is 18.7. The highest BCUT2D eigenvalue weighted by atomic mass is 32.2. The van der Waals surface area contributed by atoms with Gasteiger partial charge in [0.05, 0.1) is 17.0 Å². The molecular weight excluding hydrogens is 350 g/mol. The monoisotopic (exact) mass is 371 g/mol. The Bertz CT molecular complexity index is 1030. The van der Waals surface area contributed by atoms with Gasteiger partial charge >= 0.3 is 0 Å². The van der Waals surface area contributed by atoms with E-state index in [0.29, 0.717) is 29.2 Å².